The highest BCUT2D eigenvalue weighted by atomic mass is 32.1. The van der Waals surface area contributed by atoms with Gasteiger partial charge in [0.1, 0.15) is 0 Å². The summed E-state index contributed by atoms with van der Waals surface area (Å²) in [6, 6.07) is 6.69. The van der Waals surface area contributed by atoms with E-state index in [1.54, 1.807) is 23.5 Å². The lowest BCUT2D eigenvalue weighted by Crippen LogP contribution is -2.21. The van der Waals surface area contributed by atoms with Crippen LogP contribution < -0.4 is 5.73 Å². The third-order valence-corrected chi connectivity index (χ3v) is 4.13. The standard InChI is InChI=1S/C14H17N3O2S/c1-3-11(15)8-13-16-14(9(2)20-13)10-5-4-6-12(7-10)17(18)19/h4-7,11H,3,8,15H2,1-2H3. The maximum absolute atomic E-state index is 10.8. The molecule has 1 unspecified atom stereocenters. The summed E-state index contributed by atoms with van der Waals surface area (Å²) >= 11 is 1.61. The van der Waals surface area contributed by atoms with Gasteiger partial charge in [0.25, 0.3) is 5.69 Å². The highest BCUT2D eigenvalue weighted by Gasteiger charge is 2.14. The number of nitro benzene ring substituents is 1. The Morgan fingerprint density at radius 2 is 2.25 bits per heavy atom. The molecular formula is C14H17N3O2S. The minimum Gasteiger partial charge on any atom is -0.327 e. The fraction of sp³-hybridized carbons (Fsp3) is 0.357. The quantitative estimate of drug-likeness (QED) is 0.676. The van der Waals surface area contributed by atoms with Crippen LogP contribution in [0.5, 0.6) is 0 Å². The van der Waals surface area contributed by atoms with Gasteiger partial charge in [-0.25, -0.2) is 4.98 Å². The number of non-ortho nitro benzene ring substituents is 1. The van der Waals surface area contributed by atoms with Crippen molar-refractivity contribution in [3.05, 3.63) is 44.3 Å². The average molecular weight is 291 g/mol. The van der Waals surface area contributed by atoms with Crippen LogP contribution in [-0.4, -0.2) is 15.9 Å². The van der Waals surface area contributed by atoms with E-state index in [2.05, 4.69) is 4.98 Å². The van der Waals surface area contributed by atoms with Gasteiger partial charge in [-0.05, 0) is 13.3 Å². The third kappa shape index (κ3) is 3.20. The van der Waals surface area contributed by atoms with Gasteiger partial charge >= 0.3 is 0 Å². The van der Waals surface area contributed by atoms with E-state index in [-0.39, 0.29) is 16.7 Å². The molecule has 5 nitrogen and oxygen atoms in total. The van der Waals surface area contributed by atoms with Gasteiger partial charge in [-0.2, -0.15) is 0 Å². The van der Waals surface area contributed by atoms with Gasteiger partial charge in [0.15, 0.2) is 0 Å². The summed E-state index contributed by atoms with van der Waals surface area (Å²) in [5.74, 6) is 0. The number of hydrogen-bond donors (Lipinski definition) is 1. The van der Waals surface area contributed by atoms with Crippen LogP contribution in [0.4, 0.5) is 5.69 Å². The largest absolute Gasteiger partial charge is 0.327 e. The minimum atomic E-state index is -0.390. The number of nitro groups is 1. The third-order valence-electron chi connectivity index (χ3n) is 3.13. The monoisotopic (exact) mass is 291 g/mol. The molecule has 0 saturated heterocycles. The van der Waals surface area contributed by atoms with Crippen molar-refractivity contribution < 1.29 is 4.92 Å². The van der Waals surface area contributed by atoms with E-state index in [0.717, 1.165) is 34.0 Å². The number of aryl methyl sites for hydroxylation is 1. The summed E-state index contributed by atoms with van der Waals surface area (Å²) in [6.07, 6.45) is 1.65. The molecule has 0 radical (unpaired) electrons. The first-order valence-electron chi connectivity index (χ1n) is 6.48. The molecule has 20 heavy (non-hydrogen) atoms. The van der Waals surface area contributed by atoms with Crippen molar-refractivity contribution in [1.29, 1.82) is 0 Å². The zero-order valence-electron chi connectivity index (χ0n) is 11.5. The second kappa shape index (κ2) is 6.11. The number of benzene rings is 1. The van der Waals surface area contributed by atoms with E-state index in [4.69, 9.17) is 5.73 Å². The van der Waals surface area contributed by atoms with Crippen LogP contribution >= 0.6 is 11.3 Å². The van der Waals surface area contributed by atoms with Crippen molar-refractivity contribution in [2.24, 2.45) is 5.73 Å². The number of nitrogens with two attached hydrogens (primary N) is 1. The molecule has 0 amide bonds. The molecule has 0 saturated carbocycles. The Morgan fingerprint density at radius 3 is 2.90 bits per heavy atom. The van der Waals surface area contributed by atoms with E-state index in [9.17, 15) is 10.1 Å². The molecule has 1 aromatic carbocycles. The van der Waals surface area contributed by atoms with Crippen LogP contribution in [0.15, 0.2) is 24.3 Å². The van der Waals surface area contributed by atoms with Crippen molar-refractivity contribution in [1.82, 2.24) is 4.98 Å². The van der Waals surface area contributed by atoms with Gasteiger partial charge in [0.2, 0.25) is 0 Å². The van der Waals surface area contributed by atoms with Gasteiger partial charge in [0, 0.05) is 35.0 Å². The number of rotatable bonds is 5. The Hall–Kier alpha value is -1.79. The number of nitrogens with zero attached hydrogens (tertiary/aromatic N) is 2. The van der Waals surface area contributed by atoms with E-state index in [0.29, 0.717) is 0 Å². The molecule has 1 atom stereocenters. The summed E-state index contributed by atoms with van der Waals surface area (Å²) in [5, 5.41) is 11.8. The van der Waals surface area contributed by atoms with Gasteiger partial charge in [-0.15, -0.1) is 11.3 Å². The normalized spacial score (nSPS) is 12.3. The van der Waals surface area contributed by atoms with Crippen LogP contribution in [-0.2, 0) is 6.42 Å². The molecule has 1 heterocycles. The van der Waals surface area contributed by atoms with Crippen molar-refractivity contribution >= 4 is 17.0 Å². The zero-order valence-corrected chi connectivity index (χ0v) is 12.3. The Kier molecular flexibility index (Phi) is 4.46. The first-order valence-corrected chi connectivity index (χ1v) is 7.29. The second-order valence-corrected chi connectivity index (χ2v) is 5.98. The first kappa shape index (κ1) is 14.6. The minimum absolute atomic E-state index is 0.0849. The van der Waals surface area contributed by atoms with Crippen LogP contribution in [0.25, 0.3) is 11.3 Å². The van der Waals surface area contributed by atoms with Gasteiger partial charge < -0.3 is 5.73 Å². The van der Waals surface area contributed by atoms with Gasteiger partial charge in [0.05, 0.1) is 15.6 Å². The molecule has 0 bridgehead atoms. The summed E-state index contributed by atoms with van der Waals surface area (Å²) in [5.41, 5.74) is 7.63. The van der Waals surface area contributed by atoms with E-state index >= 15 is 0 Å². The topological polar surface area (TPSA) is 82.0 Å². The molecule has 0 spiro atoms. The molecule has 0 fully saturated rings. The van der Waals surface area contributed by atoms with Crippen molar-refractivity contribution in [3.63, 3.8) is 0 Å². The van der Waals surface area contributed by atoms with Crippen LogP contribution in [0.3, 0.4) is 0 Å². The average Bonchev–Trinajstić information content (AvgIpc) is 2.79. The first-order chi connectivity index (χ1) is 9.51. The summed E-state index contributed by atoms with van der Waals surface area (Å²) in [6.45, 7) is 4.03. The molecule has 0 aliphatic carbocycles. The predicted octanol–water partition coefficient (Wildman–Crippen LogP) is 3.31. The Balaban J connectivity index is 2.33. The molecule has 0 aliphatic rings. The molecule has 6 heteroatoms. The molecule has 0 aliphatic heterocycles. The lowest BCUT2D eigenvalue weighted by Gasteiger charge is -2.04. The SMILES string of the molecule is CCC(N)Cc1nc(-c2cccc([N+](=O)[O-])c2)c(C)s1. The molecule has 106 valence electrons. The molecule has 1 aromatic heterocycles. The highest BCUT2D eigenvalue weighted by Crippen LogP contribution is 2.30. The number of aromatic nitrogens is 1. The van der Waals surface area contributed by atoms with Crippen LogP contribution in [0, 0.1) is 17.0 Å². The lowest BCUT2D eigenvalue weighted by molar-refractivity contribution is -0.384. The van der Waals surface area contributed by atoms with Crippen LogP contribution in [0.2, 0.25) is 0 Å². The summed E-state index contributed by atoms with van der Waals surface area (Å²) < 4.78 is 0. The van der Waals surface area contributed by atoms with Gasteiger partial charge in [-0.1, -0.05) is 19.1 Å². The zero-order chi connectivity index (χ0) is 14.7. The second-order valence-electron chi connectivity index (χ2n) is 4.69. The van der Waals surface area contributed by atoms with Crippen molar-refractivity contribution in [3.8, 4) is 11.3 Å². The Labute approximate surface area is 121 Å². The fourth-order valence-corrected chi connectivity index (χ4v) is 2.99. The fourth-order valence-electron chi connectivity index (χ4n) is 1.94. The van der Waals surface area contributed by atoms with Crippen molar-refractivity contribution in [2.45, 2.75) is 32.7 Å². The summed E-state index contributed by atoms with van der Waals surface area (Å²) in [4.78, 5) is 16.1. The number of hydrogen-bond acceptors (Lipinski definition) is 5. The van der Waals surface area contributed by atoms with E-state index in [1.165, 1.54) is 6.07 Å². The smallest absolute Gasteiger partial charge is 0.270 e. The molecule has 2 rings (SSSR count). The Morgan fingerprint density at radius 1 is 1.50 bits per heavy atom. The van der Waals surface area contributed by atoms with Gasteiger partial charge in [-0.3, -0.25) is 10.1 Å². The summed E-state index contributed by atoms with van der Waals surface area (Å²) in [7, 11) is 0. The number of thiazole rings is 1. The lowest BCUT2D eigenvalue weighted by atomic mass is 10.1. The molecule has 2 aromatic rings. The maximum atomic E-state index is 10.8. The highest BCUT2D eigenvalue weighted by molar-refractivity contribution is 7.12. The molecule has 2 N–H and O–H groups in total. The van der Waals surface area contributed by atoms with E-state index < -0.39 is 0 Å². The van der Waals surface area contributed by atoms with E-state index in [1.807, 2.05) is 19.9 Å². The predicted molar refractivity (Wildman–Crippen MR) is 80.9 cm³/mol. The van der Waals surface area contributed by atoms with Crippen LogP contribution in [0.1, 0.15) is 23.2 Å². The molecular weight excluding hydrogens is 274 g/mol. The Bertz CT molecular complexity index is 625. The maximum Gasteiger partial charge on any atom is 0.270 e. The van der Waals surface area contributed by atoms with Crippen molar-refractivity contribution in [2.75, 3.05) is 0 Å².